The summed E-state index contributed by atoms with van der Waals surface area (Å²) in [7, 11) is -3.85. The van der Waals surface area contributed by atoms with Crippen LogP contribution >= 0.6 is 0 Å². The van der Waals surface area contributed by atoms with Gasteiger partial charge in [-0.05, 0) is 13.0 Å². The molecule has 2 aromatic rings. The van der Waals surface area contributed by atoms with E-state index in [1.54, 1.807) is 6.92 Å². The zero-order chi connectivity index (χ0) is 14.0. The molecule has 1 amide bonds. The maximum atomic E-state index is 12.0. The number of hydrogen-bond donors (Lipinski definition) is 4. The summed E-state index contributed by atoms with van der Waals surface area (Å²) >= 11 is 0. The van der Waals surface area contributed by atoms with Gasteiger partial charge in [0, 0.05) is 12.3 Å². The van der Waals surface area contributed by atoms with Crippen molar-refractivity contribution in [2.75, 3.05) is 4.72 Å². The van der Waals surface area contributed by atoms with Gasteiger partial charge in [-0.1, -0.05) is 5.16 Å². The van der Waals surface area contributed by atoms with Crippen LogP contribution < -0.4 is 16.0 Å². The number of aryl methyl sites for hydroxylation is 1. The predicted molar refractivity (Wildman–Crippen MR) is 64.5 cm³/mol. The normalized spacial score (nSPS) is 11.3. The lowest BCUT2D eigenvalue weighted by atomic mass is 10.4. The van der Waals surface area contributed by atoms with Crippen molar-refractivity contribution in [3.05, 3.63) is 29.8 Å². The van der Waals surface area contributed by atoms with Crippen molar-refractivity contribution in [1.29, 1.82) is 0 Å². The molecule has 0 fully saturated rings. The minimum absolute atomic E-state index is 0.0270. The molecule has 0 unspecified atom stereocenters. The van der Waals surface area contributed by atoms with E-state index in [4.69, 9.17) is 10.4 Å². The van der Waals surface area contributed by atoms with Gasteiger partial charge in [-0.3, -0.25) is 14.9 Å². The lowest BCUT2D eigenvalue weighted by molar-refractivity contribution is 0.0949. The van der Waals surface area contributed by atoms with Gasteiger partial charge in [0.15, 0.2) is 5.82 Å². The fourth-order valence-corrected chi connectivity index (χ4v) is 2.33. The number of aromatic amines is 1. The number of amides is 1. The molecule has 0 aliphatic rings. The number of hydrazine groups is 1. The van der Waals surface area contributed by atoms with Crippen molar-refractivity contribution in [1.82, 2.24) is 15.6 Å². The first-order valence-corrected chi connectivity index (χ1v) is 6.56. The van der Waals surface area contributed by atoms with Gasteiger partial charge >= 0.3 is 0 Å². The number of sulfonamides is 1. The molecule has 0 aliphatic heterocycles. The second kappa shape index (κ2) is 4.74. The molecule has 0 saturated carbocycles. The molecule has 0 bridgehead atoms. The summed E-state index contributed by atoms with van der Waals surface area (Å²) in [5, 5.41) is 3.51. The van der Waals surface area contributed by atoms with E-state index >= 15 is 0 Å². The second-order valence-corrected chi connectivity index (χ2v) is 5.33. The number of hydrogen-bond acceptors (Lipinski definition) is 6. The smallest absolute Gasteiger partial charge is 0.281 e. The zero-order valence-corrected chi connectivity index (χ0v) is 10.6. The first kappa shape index (κ1) is 13.1. The molecular formula is C9H11N5O4S. The standard InChI is InChI=1S/C9H11N5O4S/c1-5-2-8(13-18-5)14-19(16,17)6-3-7(11-4-6)9(15)12-10/h2-4,11H,10H2,1H3,(H,12,15)(H,13,14). The molecule has 5 N–H and O–H groups in total. The molecule has 2 heterocycles. The minimum atomic E-state index is -3.85. The average molecular weight is 285 g/mol. The van der Waals surface area contributed by atoms with Crippen LogP contribution in [0.4, 0.5) is 5.82 Å². The highest BCUT2D eigenvalue weighted by molar-refractivity contribution is 7.92. The first-order chi connectivity index (χ1) is 8.92. The van der Waals surface area contributed by atoms with Crippen molar-refractivity contribution < 1.29 is 17.7 Å². The molecule has 0 radical (unpaired) electrons. The van der Waals surface area contributed by atoms with Gasteiger partial charge < -0.3 is 9.51 Å². The Hall–Kier alpha value is -2.33. The number of nitrogen functional groups attached to an aromatic ring is 1. The number of rotatable bonds is 4. The van der Waals surface area contributed by atoms with Crippen LogP contribution in [0.25, 0.3) is 0 Å². The van der Waals surface area contributed by atoms with Gasteiger partial charge in [0.1, 0.15) is 16.3 Å². The van der Waals surface area contributed by atoms with E-state index in [1.165, 1.54) is 12.3 Å². The first-order valence-electron chi connectivity index (χ1n) is 5.08. The molecule has 0 spiro atoms. The Morgan fingerprint density at radius 2 is 2.21 bits per heavy atom. The average Bonchev–Trinajstić information content (AvgIpc) is 2.97. The fraction of sp³-hybridized carbons (Fsp3) is 0.111. The summed E-state index contributed by atoms with van der Waals surface area (Å²) in [5.41, 5.74) is 1.91. The largest absolute Gasteiger partial charge is 0.360 e. The Morgan fingerprint density at radius 3 is 2.79 bits per heavy atom. The molecule has 9 nitrogen and oxygen atoms in total. The van der Waals surface area contributed by atoms with Crippen LogP contribution in [0, 0.1) is 6.92 Å². The summed E-state index contributed by atoms with van der Waals surface area (Å²) in [5.74, 6) is 4.84. The van der Waals surface area contributed by atoms with Crippen LogP contribution in [0.3, 0.4) is 0 Å². The molecular weight excluding hydrogens is 274 g/mol. The third kappa shape index (κ3) is 2.74. The highest BCUT2D eigenvalue weighted by Crippen LogP contribution is 2.16. The maximum absolute atomic E-state index is 12.0. The van der Waals surface area contributed by atoms with Crippen LogP contribution in [0.5, 0.6) is 0 Å². The number of carbonyl (C=O) groups is 1. The Balaban J connectivity index is 2.24. The topological polar surface area (TPSA) is 143 Å². The molecule has 0 saturated heterocycles. The number of H-pyrrole nitrogens is 1. The Bertz CT molecular complexity index is 702. The van der Waals surface area contributed by atoms with E-state index in [1.807, 2.05) is 5.43 Å². The molecule has 2 aromatic heterocycles. The van der Waals surface area contributed by atoms with Gasteiger partial charge in [0.2, 0.25) is 0 Å². The van der Waals surface area contributed by atoms with Gasteiger partial charge in [0.05, 0.1) is 0 Å². The Labute approximate surface area is 108 Å². The van der Waals surface area contributed by atoms with E-state index < -0.39 is 15.9 Å². The molecule has 102 valence electrons. The summed E-state index contributed by atoms with van der Waals surface area (Å²) in [4.78, 5) is 13.6. The Kier molecular flexibility index (Phi) is 3.27. The van der Waals surface area contributed by atoms with E-state index in [0.717, 1.165) is 6.07 Å². The highest BCUT2D eigenvalue weighted by atomic mass is 32.2. The number of nitrogens with one attached hydrogen (secondary N) is 3. The van der Waals surface area contributed by atoms with E-state index in [-0.39, 0.29) is 16.4 Å². The Morgan fingerprint density at radius 1 is 1.47 bits per heavy atom. The SMILES string of the molecule is Cc1cc(NS(=O)(=O)c2c[nH]c(C(=O)NN)c2)no1. The fourth-order valence-electron chi connectivity index (χ4n) is 1.35. The zero-order valence-electron chi connectivity index (χ0n) is 9.80. The number of anilines is 1. The van der Waals surface area contributed by atoms with Gasteiger partial charge in [-0.15, -0.1) is 0 Å². The van der Waals surface area contributed by atoms with Crippen molar-refractivity contribution in [3.8, 4) is 0 Å². The summed E-state index contributed by atoms with van der Waals surface area (Å²) in [6.45, 7) is 1.63. The molecule has 10 heteroatoms. The highest BCUT2D eigenvalue weighted by Gasteiger charge is 2.19. The third-order valence-corrected chi connectivity index (χ3v) is 3.54. The minimum Gasteiger partial charge on any atom is -0.360 e. The molecule has 19 heavy (non-hydrogen) atoms. The number of carbonyl (C=O) groups excluding carboxylic acids is 1. The van der Waals surface area contributed by atoms with Gasteiger partial charge in [-0.2, -0.15) is 0 Å². The van der Waals surface area contributed by atoms with Crippen LogP contribution in [-0.2, 0) is 10.0 Å². The summed E-state index contributed by atoms with van der Waals surface area (Å²) in [6.07, 6.45) is 1.17. The van der Waals surface area contributed by atoms with E-state index in [2.05, 4.69) is 14.9 Å². The number of nitrogens with zero attached hydrogens (tertiary/aromatic N) is 1. The lowest BCUT2D eigenvalue weighted by Crippen LogP contribution is -2.30. The summed E-state index contributed by atoms with van der Waals surface area (Å²) < 4.78 is 30.9. The van der Waals surface area contributed by atoms with Gasteiger partial charge in [-0.25, -0.2) is 14.3 Å². The predicted octanol–water partition coefficient (Wildman–Crippen LogP) is -0.285. The maximum Gasteiger partial charge on any atom is 0.281 e. The van der Waals surface area contributed by atoms with E-state index in [9.17, 15) is 13.2 Å². The van der Waals surface area contributed by atoms with Crippen molar-refractivity contribution in [3.63, 3.8) is 0 Å². The summed E-state index contributed by atoms with van der Waals surface area (Å²) in [6, 6.07) is 2.58. The molecule has 2 rings (SSSR count). The monoisotopic (exact) mass is 285 g/mol. The second-order valence-electron chi connectivity index (χ2n) is 3.65. The van der Waals surface area contributed by atoms with Crippen LogP contribution in [-0.4, -0.2) is 24.5 Å². The van der Waals surface area contributed by atoms with Crippen LogP contribution in [0.1, 0.15) is 16.2 Å². The molecule has 0 atom stereocenters. The van der Waals surface area contributed by atoms with Crippen molar-refractivity contribution in [2.45, 2.75) is 11.8 Å². The third-order valence-electron chi connectivity index (χ3n) is 2.21. The van der Waals surface area contributed by atoms with Crippen LogP contribution in [0.15, 0.2) is 27.7 Å². The molecule has 0 aliphatic carbocycles. The number of nitrogens with two attached hydrogens (primary N) is 1. The number of aromatic nitrogens is 2. The lowest BCUT2D eigenvalue weighted by Gasteiger charge is -2.01. The van der Waals surface area contributed by atoms with Crippen molar-refractivity contribution >= 4 is 21.7 Å². The van der Waals surface area contributed by atoms with Crippen molar-refractivity contribution in [2.24, 2.45) is 5.84 Å². The van der Waals surface area contributed by atoms with Crippen LogP contribution in [0.2, 0.25) is 0 Å². The quantitative estimate of drug-likeness (QED) is 0.345. The van der Waals surface area contributed by atoms with E-state index in [0.29, 0.717) is 5.76 Å². The van der Waals surface area contributed by atoms with Gasteiger partial charge in [0.25, 0.3) is 15.9 Å². The molecule has 0 aromatic carbocycles.